The molecule has 21 heavy (non-hydrogen) atoms. The van der Waals surface area contributed by atoms with Gasteiger partial charge in [-0.25, -0.2) is 4.98 Å². The van der Waals surface area contributed by atoms with E-state index in [2.05, 4.69) is 15.1 Å². The molecule has 2 atom stereocenters. The van der Waals surface area contributed by atoms with Crippen LogP contribution in [0.4, 0.5) is 0 Å². The summed E-state index contributed by atoms with van der Waals surface area (Å²) in [6.07, 6.45) is 0. The summed E-state index contributed by atoms with van der Waals surface area (Å²) in [7, 11) is 0. The SMILES string of the molecule is NC1CSCC1c1nc(-c2ccc3ccccc3n2)no1. The van der Waals surface area contributed by atoms with Crippen LogP contribution in [0.2, 0.25) is 0 Å². The lowest BCUT2D eigenvalue weighted by molar-refractivity contribution is 0.352. The molecule has 0 saturated carbocycles. The van der Waals surface area contributed by atoms with E-state index in [4.69, 9.17) is 10.3 Å². The zero-order chi connectivity index (χ0) is 14.2. The molecule has 106 valence electrons. The molecule has 1 aliphatic rings. The highest BCUT2D eigenvalue weighted by atomic mass is 32.2. The standard InChI is InChI=1S/C15H14N4OS/c16-11-8-21-7-10(11)15-18-14(19-20-15)13-6-5-9-3-1-2-4-12(9)17-13/h1-6,10-11H,7-8,16H2. The smallest absolute Gasteiger partial charge is 0.232 e. The molecule has 1 saturated heterocycles. The van der Waals surface area contributed by atoms with E-state index in [1.807, 2.05) is 48.2 Å². The molecule has 2 unspecified atom stereocenters. The van der Waals surface area contributed by atoms with Crippen LogP contribution in [0.5, 0.6) is 0 Å². The molecule has 0 radical (unpaired) electrons. The van der Waals surface area contributed by atoms with E-state index in [9.17, 15) is 0 Å². The third-order valence-electron chi connectivity index (χ3n) is 3.71. The van der Waals surface area contributed by atoms with Gasteiger partial charge in [-0.2, -0.15) is 16.7 Å². The lowest BCUT2D eigenvalue weighted by atomic mass is 10.1. The van der Waals surface area contributed by atoms with E-state index in [1.165, 1.54) is 0 Å². The van der Waals surface area contributed by atoms with Crippen molar-refractivity contribution in [1.29, 1.82) is 0 Å². The minimum Gasteiger partial charge on any atom is -0.339 e. The van der Waals surface area contributed by atoms with Crippen molar-refractivity contribution >= 4 is 22.7 Å². The van der Waals surface area contributed by atoms with Crippen molar-refractivity contribution < 1.29 is 4.52 Å². The first-order valence-corrected chi connectivity index (χ1v) is 8.00. The number of para-hydroxylation sites is 1. The second kappa shape index (κ2) is 5.13. The predicted octanol–water partition coefficient (Wildman–Crippen LogP) is 2.44. The molecular formula is C15H14N4OS. The maximum atomic E-state index is 6.07. The number of benzene rings is 1. The average Bonchev–Trinajstić information content (AvgIpc) is 3.15. The molecule has 2 N–H and O–H groups in total. The molecule has 0 aliphatic carbocycles. The van der Waals surface area contributed by atoms with E-state index in [0.29, 0.717) is 11.7 Å². The Balaban J connectivity index is 1.70. The maximum Gasteiger partial charge on any atom is 0.232 e. The molecule has 1 fully saturated rings. The summed E-state index contributed by atoms with van der Waals surface area (Å²) in [5.41, 5.74) is 7.72. The van der Waals surface area contributed by atoms with Gasteiger partial charge in [0.15, 0.2) is 0 Å². The summed E-state index contributed by atoms with van der Waals surface area (Å²) < 4.78 is 5.39. The quantitative estimate of drug-likeness (QED) is 0.783. The van der Waals surface area contributed by atoms with Crippen molar-refractivity contribution in [3.05, 3.63) is 42.3 Å². The van der Waals surface area contributed by atoms with Gasteiger partial charge in [0, 0.05) is 22.9 Å². The summed E-state index contributed by atoms with van der Waals surface area (Å²) in [4.78, 5) is 9.07. The highest BCUT2D eigenvalue weighted by Crippen LogP contribution is 2.31. The topological polar surface area (TPSA) is 77.8 Å². The number of thioether (sulfide) groups is 1. The van der Waals surface area contributed by atoms with Gasteiger partial charge < -0.3 is 10.3 Å². The minimum absolute atomic E-state index is 0.0906. The molecule has 3 heterocycles. The van der Waals surface area contributed by atoms with Gasteiger partial charge in [0.2, 0.25) is 11.7 Å². The van der Waals surface area contributed by atoms with Gasteiger partial charge in [-0.1, -0.05) is 29.4 Å². The highest BCUT2D eigenvalue weighted by molar-refractivity contribution is 7.99. The molecule has 0 bridgehead atoms. The Bertz CT molecular complexity index is 788. The summed E-state index contributed by atoms with van der Waals surface area (Å²) >= 11 is 1.82. The van der Waals surface area contributed by atoms with Crippen LogP contribution in [0.3, 0.4) is 0 Å². The molecule has 1 aliphatic heterocycles. The number of pyridine rings is 1. The molecule has 6 heteroatoms. The molecule has 1 aromatic carbocycles. The van der Waals surface area contributed by atoms with Gasteiger partial charge in [0.05, 0.1) is 11.4 Å². The van der Waals surface area contributed by atoms with Crippen LogP contribution in [0.1, 0.15) is 11.8 Å². The first-order valence-electron chi connectivity index (χ1n) is 6.84. The fourth-order valence-electron chi connectivity index (χ4n) is 2.51. The van der Waals surface area contributed by atoms with Crippen molar-refractivity contribution in [2.75, 3.05) is 11.5 Å². The summed E-state index contributed by atoms with van der Waals surface area (Å²) in [5, 5.41) is 5.16. The molecule has 4 rings (SSSR count). The summed E-state index contributed by atoms with van der Waals surface area (Å²) in [5.74, 6) is 3.18. The second-order valence-corrected chi connectivity index (χ2v) is 6.23. The van der Waals surface area contributed by atoms with Gasteiger partial charge in [0.1, 0.15) is 5.69 Å². The number of hydrogen-bond acceptors (Lipinski definition) is 6. The fourth-order valence-corrected chi connectivity index (χ4v) is 3.79. The number of rotatable bonds is 2. The number of aromatic nitrogens is 3. The van der Waals surface area contributed by atoms with E-state index in [1.54, 1.807) is 0 Å². The molecule has 0 amide bonds. The Morgan fingerprint density at radius 3 is 2.86 bits per heavy atom. The van der Waals surface area contributed by atoms with E-state index < -0.39 is 0 Å². The Morgan fingerprint density at radius 2 is 2.00 bits per heavy atom. The maximum absolute atomic E-state index is 6.07. The number of nitrogens with zero attached hydrogens (tertiary/aromatic N) is 3. The van der Waals surface area contributed by atoms with Gasteiger partial charge in [-0.3, -0.25) is 0 Å². The fraction of sp³-hybridized carbons (Fsp3) is 0.267. The number of hydrogen-bond donors (Lipinski definition) is 1. The lowest BCUT2D eigenvalue weighted by Crippen LogP contribution is -2.26. The third-order valence-corrected chi connectivity index (χ3v) is 4.93. The second-order valence-electron chi connectivity index (χ2n) is 5.15. The highest BCUT2D eigenvalue weighted by Gasteiger charge is 2.31. The minimum atomic E-state index is 0.0906. The molecule has 0 spiro atoms. The van der Waals surface area contributed by atoms with Crippen LogP contribution in [0.15, 0.2) is 40.9 Å². The van der Waals surface area contributed by atoms with E-state index in [0.717, 1.165) is 28.1 Å². The van der Waals surface area contributed by atoms with Crippen molar-refractivity contribution in [2.24, 2.45) is 5.73 Å². The monoisotopic (exact) mass is 298 g/mol. The molecule has 2 aromatic heterocycles. The van der Waals surface area contributed by atoms with E-state index in [-0.39, 0.29) is 12.0 Å². The molecule has 3 aromatic rings. The Labute approximate surface area is 125 Å². The molecular weight excluding hydrogens is 284 g/mol. The van der Waals surface area contributed by atoms with Gasteiger partial charge in [-0.15, -0.1) is 0 Å². The Kier molecular flexibility index (Phi) is 3.12. The van der Waals surface area contributed by atoms with Crippen molar-refractivity contribution in [3.63, 3.8) is 0 Å². The van der Waals surface area contributed by atoms with Crippen molar-refractivity contribution in [2.45, 2.75) is 12.0 Å². The van der Waals surface area contributed by atoms with Crippen LogP contribution in [0.25, 0.3) is 22.4 Å². The first kappa shape index (κ1) is 12.8. The zero-order valence-corrected chi connectivity index (χ0v) is 12.1. The van der Waals surface area contributed by atoms with Crippen LogP contribution in [0, 0.1) is 0 Å². The lowest BCUT2D eigenvalue weighted by Gasteiger charge is -2.07. The van der Waals surface area contributed by atoms with Gasteiger partial charge >= 0.3 is 0 Å². The van der Waals surface area contributed by atoms with Crippen LogP contribution in [-0.4, -0.2) is 32.7 Å². The van der Waals surface area contributed by atoms with Crippen molar-refractivity contribution in [3.8, 4) is 11.5 Å². The predicted molar refractivity (Wildman–Crippen MR) is 83.1 cm³/mol. The number of fused-ring (bicyclic) bond motifs is 1. The Hall–Kier alpha value is -1.92. The zero-order valence-electron chi connectivity index (χ0n) is 11.3. The molecule has 5 nitrogen and oxygen atoms in total. The van der Waals surface area contributed by atoms with Crippen LogP contribution in [-0.2, 0) is 0 Å². The largest absolute Gasteiger partial charge is 0.339 e. The summed E-state index contributed by atoms with van der Waals surface area (Å²) in [6, 6.07) is 12.0. The number of nitrogens with two attached hydrogens (primary N) is 1. The van der Waals surface area contributed by atoms with Gasteiger partial charge in [0.25, 0.3) is 0 Å². The van der Waals surface area contributed by atoms with E-state index >= 15 is 0 Å². The van der Waals surface area contributed by atoms with Crippen LogP contribution >= 0.6 is 11.8 Å². The third kappa shape index (κ3) is 2.30. The average molecular weight is 298 g/mol. The Morgan fingerprint density at radius 1 is 1.10 bits per heavy atom. The van der Waals surface area contributed by atoms with Gasteiger partial charge in [-0.05, 0) is 12.1 Å². The van der Waals surface area contributed by atoms with Crippen LogP contribution < -0.4 is 5.73 Å². The van der Waals surface area contributed by atoms with Crippen molar-refractivity contribution in [1.82, 2.24) is 15.1 Å². The first-order chi connectivity index (χ1) is 10.3. The summed E-state index contributed by atoms with van der Waals surface area (Å²) in [6.45, 7) is 0. The normalized spacial score (nSPS) is 22.0.